The van der Waals surface area contributed by atoms with Gasteiger partial charge in [-0.15, -0.1) is 12.4 Å². The largest absolute Gasteiger partial charge is 0.488 e. The SMILES string of the molecule is Cl.O=C1NC(=O)C2(CCN(CCCCC(=O)c3cc(Cl)ccc3OCc3ccccc3)CC2)N1. The molecule has 0 aliphatic carbocycles. The van der Waals surface area contributed by atoms with E-state index >= 15 is 0 Å². The average molecular weight is 506 g/mol. The number of hydrogen-bond donors (Lipinski definition) is 2. The highest BCUT2D eigenvalue weighted by Crippen LogP contribution is 2.27. The van der Waals surface area contributed by atoms with E-state index in [4.69, 9.17) is 16.3 Å². The molecule has 7 nitrogen and oxygen atoms in total. The van der Waals surface area contributed by atoms with Crippen LogP contribution >= 0.6 is 24.0 Å². The molecule has 0 saturated carbocycles. The number of Topliss-reactive ketones (excluding diaryl/α,β-unsaturated/α-hetero) is 1. The van der Waals surface area contributed by atoms with E-state index in [0.29, 0.717) is 42.2 Å². The third-order valence-electron chi connectivity index (χ3n) is 6.33. The molecule has 3 amide bonds. The number of carbonyl (C=O) groups excluding carboxylic acids is 3. The Morgan fingerprint density at radius 2 is 1.79 bits per heavy atom. The fourth-order valence-electron chi connectivity index (χ4n) is 4.38. The molecule has 2 aromatic rings. The van der Waals surface area contributed by atoms with E-state index in [1.54, 1.807) is 18.2 Å². The van der Waals surface area contributed by atoms with Crippen molar-refractivity contribution in [1.29, 1.82) is 0 Å². The Balaban J connectivity index is 0.00000324. The van der Waals surface area contributed by atoms with Crippen molar-refractivity contribution < 1.29 is 19.1 Å². The van der Waals surface area contributed by atoms with Gasteiger partial charge in [0, 0.05) is 24.5 Å². The maximum atomic E-state index is 12.9. The maximum absolute atomic E-state index is 12.9. The first kappa shape index (κ1) is 26.0. The molecule has 0 atom stereocenters. The summed E-state index contributed by atoms with van der Waals surface area (Å²) in [5.74, 6) is 0.347. The number of hydrogen-bond acceptors (Lipinski definition) is 5. The number of nitrogens with zero attached hydrogens (tertiary/aromatic N) is 1. The molecule has 2 aromatic carbocycles. The third kappa shape index (κ3) is 6.29. The number of carbonyl (C=O) groups is 3. The van der Waals surface area contributed by atoms with Gasteiger partial charge in [-0.1, -0.05) is 41.9 Å². The molecule has 9 heteroatoms. The van der Waals surface area contributed by atoms with Crippen LogP contribution in [0.25, 0.3) is 0 Å². The zero-order valence-electron chi connectivity index (χ0n) is 18.8. The van der Waals surface area contributed by atoms with Crippen molar-refractivity contribution in [2.45, 2.75) is 44.2 Å². The van der Waals surface area contributed by atoms with Gasteiger partial charge in [0.2, 0.25) is 0 Å². The Morgan fingerprint density at radius 1 is 1.06 bits per heavy atom. The highest BCUT2D eigenvalue weighted by molar-refractivity contribution is 6.31. The van der Waals surface area contributed by atoms with Crippen LogP contribution in [0.1, 0.15) is 48.0 Å². The first-order chi connectivity index (χ1) is 15.9. The highest BCUT2D eigenvalue weighted by atomic mass is 35.5. The zero-order chi connectivity index (χ0) is 23.3. The van der Waals surface area contributed by atoms with Crippen LogP contribution < -0.4 is 15.4 Å². The number of imide groups is 1. The van der Waals surface area contributed by atoms with Gasteiger partial charge in [-0.05, 0) is 56.0 Å². The summed E-state index contributed by atoms with van der Waals surface area (Å²) < 4.78 is 5.91. The number of ketones is 1. The number of urea groups is 1. The molecular formula is C25H29Cl2N3O4. The molecular weight excluding hydrogens is 477 g/mol. The van der Waals surface area contributed by atoms with Crippen molar-refractivity contribution in [3.8, 4) is 5.75 Å². The number of halogens is 2. The van der Waals surface area contributed by atoms with E-state index < -0.39 is 11.6 Å². The Morgan fingerprint density at radius 3 is 2.47 bits per heavy atom. The Labute approximate surface area is 210 Å². The Kier molecular flexibility index (Phi) is 8.94. The standard InChI is InChI=1S/C25H28ClN3O4.ClH/c26-19-9-10-22(33-17-18-6-2-1-3-7-18)20(16-19)21(30)8-4-5-13-29-14-11-25(12-15-29)23(31)27-24(32)28-25;/h1-3,6-7,9-10,16H,4-5,8,11-15,17H2,(H2,27,28,31,32);1H. The molecule has 0 radical (unpaired) electrons. The molecule has 1 spiro atoms. The van der Waals surface area contributed by atoms with E-state index in [2.05, 4.69) is 15.5 Å². The van der Waals surface area contributed by atoms with E-state index in [9.17, 15) is 14.4 Å². The van der Waals surface area contributed by atoms with E-state index in [1.165, 1.54) is 0 Å². The molecule has 182 valence electrons. The average Bonchev–Trinajstić information content (AvgIpc) is 3.09. The smallest absolute Gasteiger partial charge is 0.322 e. The van der Waals surface area contributed by atoms with E-state index in [0.717, 1.165) is 38.0 Å². The predicted molar refractivity (Wildman–Crippen MR) is 133 cm³/mol. The summed E-state index contributed by atoms with van der Waals surface area (Å²) in [5.41, 5.74) is 0.803. The number of benzene rings is 2. The molecule has 2 saturated heterocycles. The normalized spacial score (nSPS) is 17.1. The van der Waals surface area contributed by atoms with E-state index in [1.807, 2.05) is 30.3 Å². The number of likely N-dealkylation sites (tertiary alicyclic amines) is 1. The second kappa shape index (κ2) is 11.7. The number of unbranched alkanes of at least 4 members (excludes halogenated alkanes) is 1. The molecule has 2 aliphatic heterocycles. The molecule has 0 aromatic heterocycles. The molecule has 0 bridgehead atoms. The minimum atomic E-state index is -0.744. The lowest BCUT2D eigenvalue weighted by Crippen LogP contribution is -2.54. The molecule has 2 N–H and O–H groups in total. The zero-order valence-corrected chi connectivity index (χ0v) is 20.4. The summed E-state index contributed by atoms with van der Waals surface area (Å²) in [4.78, 5) is 38.7. The van der Waals surface area contributed by atoms with Gasteiger partial charge in [0.1, 0.15) is 17.9 Å². The summed E-state index contributed by atoms with van der Waals surface area (Å²) in [7, 11) is 0. The fourth-order valence-corrected chi connectivity index (χ4v) is 4.55. The first-order valence-electron chi connectivity index (χ1n) is 11.3. The van der Waals surface area contributed by atoms with Gasteiger partial charge in [0.15, 0.2) is 5.78 Å². The van der Waals surface area contributed by atoms with E-state index in [-0.39, 0.29) is 24.1 Å². The Hall–Kier alpha value is -2.61. The second-order valence-electron chi connectivity index (χ2n) is 8.63. The molecule has 2 aliphatic rings. The minimum Gasteiger partial charge on any atom is -0.488 e. The van der Waals surface area contributed by atoms with Crippen molar-refractivity contribution in [2.24, 2.45) is 0 Å². The fraction of sp³-hybridized carbons (Fsp3) is 0.400. The van der Waals surface area contributed by atoms with Gasteiger partial charge >= 0.3 is 6.03 Å². The maximum Gasteiger partial charge on any atom is 0.322 e. The van der Waals surface area contributed by atoms with Crippen LogP contribution in [0, 0.1) is 0 Å². The van der Waals surface area contributed by atoms with Gasteiger partial charge in [0.25, 0.3) is 5.91 Å². The molecule has 34 heavy (non-hydrogen) atoms. The molecule has 0 unspecified atom stereocenters. The Bertz CT molecular complexity index is 1020. The minimum absolute atomic E-state index is 0. The lowest BCUT2D eigenvalue weighted by Gasteiger charge is -2.36. The number of nitrogens with one attached hydrogen (secondary N) is 2. The summed E-state index contributed by atoms with van der Waals surface area (Å²) in [6.07, 6.45) is 3.25. The van der Waals surface area contributed by atoms with Crippen molar-refractivity contribution in [1.82, 2.24) is 15.5 Å². The van der Waals surface area contributed by atoms with Crippen molar-refractivity contribution in [3.63, 3.8) is 0 Å². The van der Waals surface area contributed by atoms with Gasteiger partial charge in [0.05, 0.1) is 5.56 Å². The third-order valence-corrected chi connectivity index (χ3v) is 6.57. The first-order valence-corrected chi connectivity index (χ1v) is 11.7. The quantitative estimate of drug-likeness (QED) is 0.300. The summed E-state index contributed by atoms with van der Waals surface area (Å²) in [6.45, 7) is 2.73. The predicted octanol–water partition coefficient (Wildman–Crippen LogP) is 4.37. The van der Waals surface area contributed by atoms with Gasteiger partial charge in [-0.25, -0.2) is 4.79 Å². The van der Waals surface area contributed by atoms with Gasteiger partial charge < -0.3 is 15.0 Å². The topological polar surface area (TPSA) is 87.7 Å². The lowest BCUT2D eigenvalue weighted by atomic mass is 9.87. The highest BCUT2D eigenvalue weighted by Gasteiger charge is 2.47. The van der Waals surface area contributed by atoms with Gasteiger partial charge in [-0.2, -0.15) is 0 Å². The van der Waals surface area contributed by atoms with Crippen molar-refractivity contribution >= 4 is 41.7 Å². The molecule has 4 rings (SSSR count). The van der Waals surface area contributed by atoms with Crippen molar-refractivity contribution in [3.05, 3.63) is 64.7 Å². The summed E-state index contributed by atoms with van der Waals surface area (Å²) in [6, 6.07) is 14.6. The van der Waals surface area contributed by atoms with Crippen molar-refractivity contribution in [2.75, 3.05) is 19.6 Å². The molecule has 2 heterocycles. The van der Waals surface area contributed by atoms with Crippen LogP contribution in [0.5, 0.6) is 5.75 Å². The van der Waals surface area contributed by atoms with Crippen LogP contribution in [0.4, 0.5) is 4.79 Å². The van der Waals surface area contributed by atoms with Crippen LogP contribution in [-0.2, 0) is 11.4 Å². The van der Waals surface area contributed by atoms with Crippen LogP contribution in [0.15, 0.2) is 48.5 Å². The summed E-state index contributed by atoms with van der Waals surface area (Å²) >= 11 is 6.14. The summed E-state index contributed by atoms with van der Waals surface area (Å²) in [5, 5.41) is 5.62. The second-order valence-corrected chi connectivity index (χ2v) is 9.06. The number of ether oxygens (including phenoxy) is 1. The van der Waals surface area contributed by atoms with Gasteiger partial charge in [-0.3, -0.25) is 14.9 Å². The number of amides is 3. The molecule has 2 fully saturated rings. The van der Waals surface area contributed by atoms with Crippen LogP contribution in [0.3, 0.4) is 0 Å². The monoisotopic (exact) mass is 505 g/mol. The lowest BCUT2D eigenvalue weighted by molar-refractivity contribution is -0.125. The van der Waals surface area contributed by atoms with Crippen LogP contribution in [-0.4, -0.2) is 47.8 Å². The van der Waals surface area contributed by atoms with Crippen LogP contribution in [0.2, 0.25) is 5.02 Å². The number of piperidine rings is 1. The number of rotatable bonds is 9.